The van der Waals surface area contributed by atoms with Crippen LogP contribution in [-0.2, 0) is 0 Å². The third kappa shape index (κ3) is 2.26. The number of nitrogens with zero attached hydrogens (tertiary/aromatic N) is 1. The highest BCUT2D eigenvalue weighted by molar-refractivity contribution is 6.30. The number of rotatable bonds is 2. The van der Waals surface area contributed by atoms with E-state index in [-0.39, 0.29) is 5.82 Å². The van der Waals surface area contributed by atoms with Gasteiger partial charge in [-0.2, -0.15) is 0 Å². The number of pyridine rings is 1. The molecule has 20 heavy (non-hydrogen) atoms. The first-order valence-corrected chi connectivity index (χ1v) is 6.38. The average Bonchev–Trinajstić information content (AvgIpc) is 2.44. The van der Waals surface area contributed by atoms with Crippen LogP contribution in [0.5, 0.6) is 0 Å². The zero-order valence-corrected chi connectivity index (χ0v) is 11.2. The summed E-state index contributed by atoms with van der Waals surface area (Å²) in [5, 5.41) is 4.32. The minimum absolute atomic E-state index is 0.312. The molecule has 0 saturated heterocycles. The molecule has 0 spiro atoms. The minimum Gasteiger partial charge on any atom is -0.397 e. The van der Waals surface area contributed by atoms with E-state index in [1.54, 1.807) is 18.3 Å². The van der Waals surface area contributed by atoms with Crippen LogP contribution < -0.4 is 11.1 Å². The molecule has 3 nitrogen and oxygen atoms in total. The molecule has 100 valence electrons. The number of nitrogen functional groups attached to an aromatic ring is 1. The van der Waals surface area contributed by atoms with Gasteiger partial charge < -0.3 is 11.1 Å². The van der Waals surface area contributed by atoms with Crippen molar-refractivity contribution in [2.75, 3.05) is 11.1 Å². The maximum absolute atomic E-state index is 13.8. The molecule has 0 aliphatic heterocycles. The largest absolute Gasteiger partial charge is 0.397 e. The zero-order chi connectivity index (χ0) is 14.1. The quantitative estimate of drug-likeness (QED) is 0.689. The summed E-state index contributed by atoms with van der Waals surface area (Å²) in [6.45, 7) is 0. The summed E-state index contributed by atoms with van der Waals surface area (Å²) in [4.78, 5) is 4.24. The van der Waals surface area contributed by atoms with Crippen molar-refractivity contribution in [2.24, 2.45) is 0 Å². The van der Waals surface area contributed by atoms with E-state index in [1.165, 1.54) is 18.2 Å². The van der Waals surface area contributed by atoms with E-state index in [1.807, 2.05) is 12.1 Å². The van der Waals surface area contributed by atoms with Gasteiger partial charge in [0.2, 0.25) is 0 Å². The first-order valence-electron chi connectivity index (χ1n) is 6.00. The lowest BCUT2D eigenvalue weighted by Crippen LogP contribution is -1.97. The highest BCUT2D eigenvalue weighted by atomic mass is 35.5. The lowest BCUT2D eigenvalue weighted by atomic mass is 10.1. The molecule has 0 aliphatic rings. The predicted octanol–water partition coefficient (Wildman–Crippen LogP) is 4.35. The highest BCUT2D eigenvalue weighted by Gasteiger charge is 2.07. The van der Waals surface area contributed by atoms with Crippen LogP contribution in [0.3, 0.4) is 0 Å². The molecular weight excluding hydrogens is 277 g/mol. The molecule has 0 unspecified atom stereocenters. The molecule has 1 aromatic heterocycles. The van der Waals surface area contributed by atoms with Gasteiger partial charge in [-0.1, -0.05) is 23.7 Å². The lowest BCUT2D eigenvalue weighted by molar-refractivity contribution is 0.632. The van der Waals surface area contributed by atoms with Gasteiger partial charge >= 0.3 is 0 Å². The number of nitrogens with one attached hydrogen (secondary N) is 1. The first kappa shape index (κ1) is 12.7. The Kier molecular flexibility index (Phi) is 3.16. The molecule has 0 aliphatic carbocycles. The fourth-order valence-electron chi connectivity index (χ4n) is 2.05. The van der Waals surface area contributed by atoms with Gasteiger partial charge in [-0.15, -0.1) is 0 Å². The standard InChI is InChI=1S/C15H11ClFN3/c16-9-4-5-11(17)14(8-9)20-13-6-7-19-15-10(13)2-1-3-12(15)18/h1-8H,18H2,(H,19,20). The van der Waals surface area contributed by atoms with Gasteiger partial charge in [0.15, 0.2) is 0 Å². The Balaban J connectivity index is 2.11. The van der Waals surface area contributed by atoms with Crippen molar-refractivity contribution in [1.29, 1.82) is 0 Å². The summed E-state index contributed by atoms with van der Waals surface area (Å²) in [6, 6.07) is 11.6. The molecule has 3 rings (SSSR count). The Morgan fingerprint density at radius 3 is 2.80 bits per heavy atom. The van der Waals surface area contributed by atoms with Crippen molar-refractivity contribution in [3.63, 3.8) is 0 Å². The number of fused-ring (bicyclic) bond motifs is 1. The van der Waals surface area contributed by atoms with Gasteiger partial charge in [-0.05, 0) is 30.3 Å². The van der Waals surface area contributed by atoms with E-state index >= 15 is 0 Å². The van der Waals surface area contributed by atoms with Crippen LogP contribution in [0, 0.1) is 5.82 Å². The number of benzene rings is 2. The van der Waals surface area contributed by atoms with Crippen LogP contribution in [0.2, 0.25) is 5.02 Å². The van der Waals surface area contributed by atoms with E-state index < -0.39 is 0 Å². The van der Waals surface area contributed by atoms with Gasteiger partial charge in [0.25, 0.3) is 0 Å². The smallest absolute Gasteiger partial charge is 0.146 e. The van der Waals surface area contributed by atoms with Crippen molar-refractivity contribution in [3.8, 4) is 0 Å². The van der Waals surface area contributed by atoms with Crippen molar-refractivity contribution >= 4 is 39.6 Å². The van der Waals surface area contributed by atoms with Crippen LogP contribution in [-0.4, -0.2) is 4.98 Å². The van der Waals surface area contributed by atoms with Crippen LogP contribution in [0.1, 0.15) is 0 Å². The summed E-state index contributed by atoms with van der Waals surface area (Å²) in [5.74, 6) is -0.372. The number of anilines is 3. The van der Waals surface area contributed by atoms with Gasteiger partial charge in [0.1, 0.15) is 5.82 Å². The number of hydrogen-bond donors (Lipinski definition) is 2. The molecule has 5 heteroatoms. The summed E-state index contributed by atoms with van der Waals surface area (Å²) in [5.41, 5.74) is 8.19. The Hall–Kier alpha value is -2.33. The summed E-state index contributed by atoms with van der Waals surface area (Å²) >= 11 is 5.89. The third-order valence-corrected chi connectivity index (χ3v) is 3.24. The average molecular weight is 288 g/mol. The number of aromatic nitrogens is 1. The number of para-hydroxylation sites is 1. The molecule has 1 heterocycles. The monoisotopic (exact) mass is 287 g/mol. The summed E-state index contributed by atoms with van der Waals surface area (Å²) in [6.07, 6.45) is 1.63. The molecule has 3 aromatic rings. The molecule has 0 fully saturated rings. The normalized spacial score (nSPS) is 10.7. The molecule has 3 N–H and O–H groups in total. The Morgan fingerprint density at radius 1 is 1.10 bits per heavy atom. The van der Waals surface area contributed by atoms with Gasteiger partial charge in [0, 0.05) is 22.3 Å². The van der Waals surface area contributed by atoms with Gasteiger partial charge in [-0.3, -0.25) is 4.98 Å². The Morgan fingerprint density at radius 2 is 1.95 bits per heavy atom. The molecule has 0 atom stereocenters. The lowest BCUT2D eigenvalue weighted by Gasteiger charge is -2.11. The van der Waals surface area contributed by atoms with Crippen LogP contribution in [0.25, 0.3) is 10.9 Å². The van der Waals surface area contributed by atoms with Crippen molar-refractivity contribution in [3.05, 3.63) is 59.5 Å². The van der Waals surface area contributed by atoms with Crippen molar-refractivity contribution in [1.82, 2.24) is 4.98 Å². The van der Waals surface area contributed by atoms with Crippen molar-refractivity contribution in [2.45, 2.75) is 0 Å². The third-order valence-electron chi connectivity index (χ3n) is 3.00. The first-order chi connectivity index (χ1) is 9.65. The van der Waals surface area contributed by atoms with E-state index in [2.05, 4.69) is 10.3 Å². The van der Waals surface area contributed by atoms with E-state index in [0.717, 1.165) is 11.1 Å². The molecule has 0 saturated carbocycles. The fourth-order valence-corrected chi connectivity index (χ4v) is 2.22. The number of halogens is 2. The summed E-state index contributed by atoms with van der Waals surface area (Å²) in [7, 11) is 0. The van der Waals surface area contributed by atoms with Crippen LogP contribution in [0.4, 0.5) is 21.5 Å². The second-order valence-corrected chi connectivity index (χ2v) is 4.79. The maximum Gasteiger partial charge on any atom is 0.146 e. The molecule has 0 radical (unpaired) electrons. The van der Waals surface area contributed by atoms with Crippen LogP contribution >= 0.6 is 11.6 Å². The second kappa shape index (κ2) is 4.98. The minimum atomic E-state index is -0.372. The topological polar surface area (TPSA) is 50.9 Å². The number of hydrogen-bond acceptors (Lipinski definition) is 3. The molecule has 0 bridgehead atoms. The number of nitrogens with two attached hydrogens (primary N) is 1. The Bertz CT molecular complexity index is 789. The van der Waals surface area contributed by atoms with Crippen molar-refractivity contribution < 1.29 is 4.39 Å². The zero-order valence-electron chi connectivity index (χ0n) is 10.4. The van der Waals surface area contributed by atoms with Gasteiger partial charge in [0.05, 0.1) is 16.9 Å². The highest BCUT2D eigenvalue weighted by Crippen LogP contribution is 2.29. The maximum atomic E-state index is 13.8. The molecular formula is C15H11ClFN3. The second-order valence-electron chi connectivity index (χ2n) is 4.35. The molecule has 0 amide bonds. The van der Waals surface area contributed by atoms with E-state index in [0.29, 0.717) is 21.9 Å². The predicted molar refractivity (Wildman–Crippen MR) is 80.8 cm³/mol. The van der Waals surface area contributed by atoms with Crippen LogP contribution in [0.15, 0.2) is 48.7 Å². The van der Waals surface area contributed by atoms with Gasteiger partial charge in [-0.25, -0.2) is 4.39 Å². The van der Waals surface area contributed by atoms with E-state index in [9.17, 15) is 4.39 Å². The summed E-state index contributed by atoms with van der Waals surface area (Å²) < 4.78 is 13.8. The molecule has 2 aromatic carbocycles. The van der Waals surface area contributed by atoms with E-state index in [4.69, 9.17) is 17.3 Å². The fraction of sp³-hybridized carbons (Fsp3) is 0. The SMILES string of the molecule is Nc1cccc2c(Nc3cc(Cl)ccc3F)ccnc12. The Labute approximate surface area is 120 Å².